The molecule has 8 heteroatoms. The Morgan fingerprint density at radius 3 is 2.72 bits per heavy atom. The van der Waals surface area contributed by atoms with Gasteiger partial charge >= 0.3 is 5.97 Å². The van der Waals surface area contributed by atoms with Crippen LogP contribution in [0, 0.1) is 25.2 Å². The van der Waals surface area contributed by atoms with Crippen molar-refractivity contribution in [2.45, 2.75) is 45.8 Å². The molecule has 2 aromatic heterocycles. The highest BCUT2D eigenvalue weighted by Crippen LogP contribution is 2.38. The number of esters is 1. The number of pyridine rings is 1. The highest BCUT2D eigenvalue weighted by Gasteiger charge is 2.27. The van der Waals surface area contributed by atoms with Crippen molar-refractivity contribution in [3.05, 3.63) is 51.9 Å². The fraction of sp³-hybridized carbons (Fsp3) is 0.333. The first-order chi connectivity index (χ1) is 13.8. The predicted molar refractivity (Wildman–Crippen MR) is 109 cm³/mol. The van der Waals surface area contributed by atoms with Crippen LogP contribution in [0.4, 0.5) is 5.82 Å². The first kappa shape index (κ1) is 20.6. The molecule has 1 fully saturated rings. The molecule has 2 heterocycles. The second-order valence-corrected chi connectivity index (χ2v) is 7.43. The minimum atomic E-state index is -1.10. The summed E-state index contributed by atoms with van der Waals surface area (Å²) in [5.41, 5.74) is 2.73. The molecule has 0 unspecified atom stereocenters. The molecule has 1 aliphatic rings. The average Bonchev–Trinajstić information content (AvgIpc) is 3.47. The number of anilines is 1. The fourth-order valence-corrected chi connectivity index (χ4v) is 3.20. The Morgan fingerprint density at radius 2 is 2.14 bits per heavy atom. The Kier molecular flexibility index (Phi) is 6.04. The van der Waals surface area contributed by atoms with Gasteiger partial charge in [-0.25, -0.2) is 9.78 Å². The lowest BCUT2D eigenvalue weighted by Crippen LogP contribution is -2.30. The molecule has 7 nitrogen and oxygen atoms in total. The number of hydrogen-bond acceptors (Lipinski definition) is 5. The van der Waals surface area contributed by atoms with Gasteiger partial charge in [0.2, 0.25) is 0 Å². The van der Waals surface area contributed by atoms with Crippen LogP contribution < -0.4 is 5.32 Å². The van der Waals surface area contributed by atoms with Crippen LogP contribution in [0.2, 0.25) is 5.02 Å². The lowest BCUT2D eigenvalue weighted by atomic mass is 10.1. The maximum atomic E-state index is 12.4. The Bertz CT molecular complexity index is 1010. The van der Waals surface area contributed by atoms with Crippen molar-refractivity contribution < 1.29 is 14.3 Å². The van der Waals surface area contributed by atoms with E-state index in [9.17, 15) is 14.9 Å². The number of aryl methyl sites for hydroxylation is 1. The number of amides is 1. The zero-order chi connectivity index (χ0) is 21.1. The summed E-state index contributed by atoms with van der Waals surface area (Å²) in [4.78, 5) is 28.6. The fourth-order valence-electron chi connectivity index (χ4n) is 3.09. The maximum Gasteiger partial charge on any atom is 0.349 e. The molecule has 3 rings (SSSR count). The molecule has 1 N–H and O–H groups in total. The van der Waals surface area contributed by atoms with Crippen molar-refractivity contribution in [1.82, 2.24) is 9.55 Å². The van der Waals surface area contributed by atoms with Crippen molar-refractivity contribution >= 4 is 35.4 Å². The highest BCUT2D eigenvalue weighted by molar-refractivity contribution is 6.30. The molecule has 1 amide bonds. The van der Waals surface area contributed by atoms with E-state index in [4.69, 9.17) is 16.3 Å². The molecule has 29 heavy (non-hydrogen) atoms. The molecular formula is C21H21ClN4O3. The molecule has 0 aromatic carbocycles. The van der Waals surface area contributed by atoms with Gasteiger partial charge in [0.15, 0.2) is 6.10 Å². The SMILES string of the molecule is Cc1cc(/C=C(\C#N)C(=O)O[C@@H](C)C(=O)Nc2ccc(Cl)cn2)c(C)n1C1CC1. The highest BCUT2D eigenvalue weighted by atomic mass is 35.5. The van der Waals surface area contributed by atoms with Crippen LogP contribution in [-0.2, 0) is 14.3 Å². The van der Waals surface area contributed by atoms with Crippen LogP contribution in [0.1, 0.15) is 42.8 Å². The third-order valence-corrected chi connectivity index (χ3v) is 4.93. The van der Waals surface area contributed by atoms with Crippen molar-refractivity contribution in [1.29, 1.82) is 5.26 Å². The zero-order valence-electron chi connectivity index (χ0n) is 16.4. The molecule has 1 atom stereocenters. The topological polar surface area (TPSA) is 97.0 Å². The quantitative estimate of drug-likeness (QED) is 0.440. The number of nitriles is 1. The van der Waals surface area contributed by atoms with Crippen molar-refractivity contribution in [2.75, 3.05) is 5.32 Å². The second-order valence-electron chi connectivity index (χ2n) is 7.00. The van der Waals surface area contributed by atoms with Crippen LogP contribution in [0.5, 0.6) is 0 Å². The van der Waals surface area contributed by atoms with Crippen LogP contribution in [0.15, 0.2) is 30.0 Å². The van der Waals surface area contributed by atoms with Crippen LogP contribution in [0.3, 0.4) is 0 Å². The summed E-state index contributed by atoms with van der Waals surface area (Å²) in [5.74, 6) is -1.13. The smallest absolute Gasteiger partial charge is 0.349 e. The van der Waals surface area contributed by atoms with Gasteiger partial charge in [-0.2, -0.15) is 5.26 Å². The lowest BCUT2D eigenvalue weighted by molar-refractivity contribution is -0.148. The summed E-state index contributed by atoms with van der Waals surface area (Å²) >= 11 is 5.76. The van der Waals surface area contributed by atoms with Crippen LogP contribution >= 0.6 is 11.6 Å². The number of halogens is 1. The van der Waals surface area contributed by atoms with E-state index in [1.807, 2.05) is 26.0 Å². The average molecular weight is 413 g/mol. The van der Waals surface area contributed by atoms with E-state index in [1.54, 1.807) is 6.07 Å². The molecule has 0 aliphatic heterocycles. The number of ether oxygens (including phenoxy) is 1. The number of aromatic nitrogens is 2. The minimum absolute atomic E-state index is 0.162. The summed E-state index contributed by atoms with van der Waals surface area (Å²) in [6.07, 6.45) is 4.08. The number of nitrogens with zero attached hydrogens (tertiary/aromatic N) is 3. The molecule has 0 bridgehead atoms. The van der Waals surface area contributed by atoms with Gasteiger partial charge in [-0.1, -0.05) is 11.6 Å². The maximum absolute atomic E-state index is 12.4. The molecule has 0 spiro atoms. The first-order valence-electron chi connectivity index (χ1n) is 9.23. The Morgan fingerprint density at radius 1 is 1.41 bits per heavy atom. The van der Waals surface area contributed by atoms with Gasteiger partial charge in [-0.3, -0.25) is 4.79 Å². The van der Waals surface area contributed by atoms with E-state index in [0.717, 1.165) is 29.8 Å². The summed E-state index contributed by atoms with van der Waals surface area (Å²) < 4.78 is 7.39. The van der Waals surface area contributed by atoms with Gasteiger partial charge in [0.1, 0.15) is 17.5 Å². The van der Waals surface area contributed by atoms with Crippen LogP contribution in [0.25, 0.3) is 6.08 Å². The Balaban J connectivity index is 1.68. The molecule has 150 valence electrons. The standard InChI is InChI=1S/C21H21ClN4O3/c1-12-8-15(13(2)26(12)18-5-6-18)9-16(10-23)21(28)29-14(3)20(27)25-19-7-4-17(22)11-24-19/h4,7-9,11,14,18H,5-6H2,1-3H3,(H,24,25,27)/b16-9+/t14-/m0/s1. The van der Waals surface area contributed by atoms with Gasteiger partial charge in [0, 0.05) is 23.6 Å². The van der Waals surface area contributed by atoms with E-state index in [2.05, 4.69) is 14.9 Å². The van der Waals surface area contributed by atoms with Gasteiger partial charge in [0.25, 0.3) is 5.91 Å². The predicted octanol–water partition coefficient (Wildman–Crippen LogP) is 3.97. The molecule has 0 radical (unpaired) electrons. The largest absolute Gasteiger partial charge is 0.448 e. The van der Waals surface area contributed by atoms with Gasteiger partial charge in [-0.05, 0) is 63.5 Å². The van der Waals surface area contributed by atoms with E-state index < -0.39 is 18.0 Å². The summed E-state index contributed by atoms with van der Waals surface area (Å²) in [6.45, 7) is 5.40. The van der Waals surface area contributed by atoms with Crippen molar-refractivity contribution in [3.63, 3.8) is 0 Å². The molecule has 1 saturated carbocycles. The number of rotatable bonds is 6. The Hall–Kier alpha value is -3.11. The third kappa shape index (κ3) is 4.84. The number of nitrogens with one attached hydrogen (secondary N) is 1. The molecule has 2 aromatic rings. The second kappa shape index (κ2) is 8.50. The number of hydrogen-bond donors (Lipinski definition) is 1. The third-order valence-electron chi connectivity index (χ3n) is 4.71. The van der Waals surface area contributed by atoms with E-state index in [1.165, 1.54) is 25.3 Å². The van der Waals surface area contributed by atoms with Gasteiger partial charge in [0.05, 0.1) is 5.02 Å². The normalized spacial score (nSPS) is 14.8. The first-order valence-corrected chi connectivity index (χ1v) is 9.61. The van der Waals surface area contributed by atoms with Crippen molar-refractivity contribution in [3.8, 4) is 6.07 Å². The lowest BCUT2D eigenvalue weighted by Gasteiger charge is -2.12. The van der Waals surface area contributed by atoms with E-state index in [-0.39, 0.29) is 11.4 Å². The van der Waals surface area contributed by atoms with Gasteiger partial charge < -0.3 is 14.6 Å². The summed E-state index contributed by atoms with van der Waals surface area (Å²) in [6, 6.07) is 7.43. The Labute approximate surface area is 173 Å². The molecule has 0 saturated heterocycles. The number of carbonyl (C=O) groups excluding carboxylic acids is 2. The van der Waals surface area contributed by atoms with E-state index in [0.29, 0.717) is 11.1 Å². The van der Waals surface area contributed by atoms with Gasteiger partial charge in [-0.15, -0.1) is 0 Å². The van der Waals surface area contributed by atoms with E-state index >= 15 is 0 Å². The molecule has 1 aliphatic carbocycles. The van der Waals surface area contributed by atoms with Crippen molar-refractivity contribution in [2.24, 2.45) is 0 Å². The summed E-state index contributed by atoms with van der Waals surface area (Å²) in [7, 11) is 0. The zero-order valence-corrected chi connectivity index (χ0v) is 17.2. The molecular weight excluding hydrogens is 392 g/mol. The summed E-state index contributed by atoms with van der Waals surface area (Å²) in [5, 5.41) is 12.4. The number of carbonyl (C=O) groups is 2. The van der Waals surface area contributed by atoms with Crippen LogP contribution in [-0.4, -0.2) is 27.5 Å². The minimum Gasteiger partial charge on any atom is -0.448 e. The monoisotopic (exact) mass is 412 g/mol.